The van der Waals surface area contributed by atoms with Crippen molar-refractivity contribution >= 4 is 22.8 Å². The minimum absolute atomic E-state index is 0.221. The first-order chi connectivity index (χ1) is 13.9. The maximum Gasteiger partial charge on any atom is 0.332 e. The molecule has 1 aliphatic heterocycles. The van der Waals surface area contributed by atoms with Gasteiger partial charge < -0.3 is 0 Å². The van der Waals surface area contributed by atoms with E-state index < -0.39 is 0 Å². The van der Waals surface area contributed by atoms with Crippen LogP contribution < -0.4 is 16.3 Å². The molecule has 3 heterocycles. The largest absolute Gasteiger partial charge is 0.332 e. The minimum atomic E-state index is -0.378. The molecule has 0 spiro atoms. The molecule has 4 rings (SSSR count). The summed E-state index contributed by atoms with van der Waals surface area (Å²) in [4.78, 5) is 30.9. The van der Waals surface area contributed by atoms with E-state index in [-0.39, 0.29) is 17.8 Å². The lowest BCUT2D eigenvalue weighted by atomic mass is 10.1. The molecule has 0 bridgehead atoms. The normalized spacial score (nSPS) is 13.9. The van der Waals surface area contributed by atoms with Crippen molar-refractivity contribution in [3.05, 3.63) is 68.4 Å². The van der Waals surface area contributed by atoms with E-state index in [1.807, 2.05) is 61.8 Å². The van der Waals surface area contributed by atoms with E-state index in [2.05, 4.69) is 10.1 Å². The fraction of sp³-hybridized carbons (Fsp3) is 0.333. The first kappa shape index (κ1) is 18.9. The number of allylic oxidation sites excluding steroid dienone is 1. The van der Waals surface area contributed by atoms with Crippen LogP contribution in [0.25, 0.3) is 11.2 Å². The van der Waals surface area contributed by atoms with Crippen molar-refractivity contribution in [2.24, 2.45) is 12.1 Å². The molecule has 3 aromatic rings. The van der Waals surface area contributed by atoms with Gasteiger partial charge in [-0.2, -0.15) is 10.1 Å². The zero-order valence-electron chi connectivity index (χ0n) is 17.1. The van der Waals surface area contributed by atoms with Gasteiger partial charge in [0, 0.05) is 7.05 Å². The third-order valence-corrected chi connectivity index (χ3v) is 5.06. The smallest absolute Gasteiger partial charge is 0.297 e. The quantitative estimate of drug-likeness (QED) is 0.637. The second-order valence-electron chi connectivity index (χ2n) is 7.38. The van der Waals surface area contributed by atoms with Gasteiger partial charge in [0.05, 0.1) is 25.3 Å². The number of benzene rings is 1. The summed E-state index contributed by atoms with van der Waals surface area (Å²) in [5.74, 6) is 0.573. The van der Waals surface area contributed by atoms with E-state index in [1.165, 1.54) is 9.13 Å². The lowest BCUT2D eigenvalue weighted by Crippen LogP contribution is -2.40. The molecule has 2 aromatic heterocycles. The van der Waals surface area contributed by atoms with Gasteiger partial charge in [-0.3, -0.25) is 18.5 Å². The van der Waals surface area contributed by atoms with Gasteiger partial charge in [0.25, 0.3) is 5.56 Å². The van der Waals surface area contributed by atoms with Crippen LogP contribution >= 0.6 is 0 Å². The number of hydrazone groups is 1. The second-order valence-corrected chi connectivity index (χ2v) is 7.38. The van der Waals surface area contributed by atoms with Gasteiger partial charge in [-0.05, 0) is 26.3 Å². The highest BCUT2D eigenvalue weighted by molar-refractivity contribution is 5.87. The average molecular weight is 392 g/mol. The molecule has 0 radical (unpaired) electrons. The molecule has 0 unspecified atom stereocenters. The molecule has 150 valence electrons. The van der Waals surface area contributed by atoms with Crippen LogP contribution in [0.5, 0.6) is 0 Å². The van der Waals surface area contributed by atoms with Crippen molar-refractivity contribution < 1.29 is 0 Å². The summed E-state index contributed by atoms with van der Waals surface area (Å²) in [6.07, 6.45) is 3.91. The van der Waals surface area contributed by atoms with Crippen molar-refractivity contribution in [2.75, 3.05) is 11.6 Å². The Bertz CT molecular complexity index is 1270. The SMILES string of the molecule is CC=CCN1N=C(C)Cn2c1nc1c2c(=O)n(Cc2cccc(C)c2)c(=O)n1C. The van der Waals surface area contributed by atoms with Crippen LogP contribution in [0.3, 0.4) is 0 Å². The monoisotopic (exact) mass is 392 g/mol. The van der Waals surface area contributed by atoms with Crippen LogP contribution in [0, 0.1) is 6.92 Å². The van der Waals surface area contributed by atoms with E-state index in [0.29, 0.717) is 30.2 Å². The summed E-state index contributed by atoms with van der Waals surface area (Å²) < 4.78 is 4.58. The molecule has 29 heavy (non-hydrogen) atoms. The fourth-order valence-corrected chi connectivity index (χ4v) is 3.68. The van der Waals surface area contributed by atoms with Crippen LogP contribution in [0.2, 0.25) is 0 Å². The Morgan fingerprint density at radius 1 is 1.21 bits per heavy atom. The van der Waals surface area contributed by atoms with Gasteiger partial charge in [-0.25, -0.2) is 9.80 Å². The molecule has 1 aliphatic rings. The molecule has 8 heteroatoms. The Morgan fingerprint density at radius 3 is 2.72 bits per heavy atom. The highest BCUT2D eigenvalue weighted by Crippen LogP contribution is 2.23. The molecule has 0 aliphatic carbocycles. The molecule has 0 saturated heterocycles. The second kappa shape index (κ2) is 7.20. The number of anilines is 1. The first-order valence-corrected chi connectivity index (χ1v) is 9.59. The summed E-state index contributed by atoms with van der Waals surface area (Å²) in [7, 11) is 1.65. The number of aryl methyl sites for hydroxylation is 2. The van der Waals surface area contributed by atoms with Crippen LogP contribution in [-0.2, 0) is 20.1 Å². The van der Waals surface area contributed by atoms with Gasteiger partial charge in [0.1, 0.15) is 0 Å². The Labute approximate surface area is 168 Å². The number of nitrogens with zero attached hydrogens (tertiary/aromatic N) is 6. The lowest BCUT2D eigenvalue weighted by molar-refractivity contribution is 0.653. The molecule has 0 fully saturated rings. The molecule has 1 aromatic carbocycles. The lowest BCUT2D eigenvalue weighted by Gasteiger charge is -2.23. The molecular weight excluding hydrogens is 368 g/mol. The van der Waals surface area contributed by atoms with E-state index in [4.69, 9.17) is 0 Å². The minimum Gasteiger partial charge on any atom is -0.297 e. The number of aromatic nitrogens is 4. The summed E-state index contributed by atoms with van der Waals surface area (Å²) in [6, 6.07) is 7.82. The van der Waals surface area contributed by atoms with E-state index in [1.54, 1.807) is 12.1 Å². The third-order valence-electron chi connectivity index (χ3n) is 5.06. The van der Waals surface area contributed by atoms with Crippen molar-refractivity contribution in [3.63, 3.8) is 0 Å². The zero-order chi connectivity index (χ0) is 20.7. The summed E-state index contributed by atoms with van der Waals surface area (Å²) in [6.45, 7) is 7.09. The fourth-order valence-electron chi connectivity index (χ4n) is 3.68. The van der Waals surface area contributed by atoms with Gasteiger partial charge >= 0.3 is 5.69 Å². The average Bonchev–Trinajstić information content (AvgIpc) is 3.07. The maximum absolute atomic E-state index is 13.4. The highest BCUT2D eigenvalue weighted by Gasteiger charge is 2.26. The van der Waals surface area contributed by atoms with Gasteiger partial charge in [0.2, 0.25) is 5.95 Å². The maximum atomic E-state index is 13.4. The number of rotatable bonds is 4. The van der Waals surface area contributed by atoms with Gasteiger partial charge in [-0.15, -0.1) is 0 Å². The van der Waals surface area contributed by atoms with Crippen LogP contribution in [0.4, 0.5) is 5.95 Å². The molecular formula is C21H24N6O2. The summed E-state index contributed by atoms with van der Waals surface area (Å²) >= 11 is 0. The molecule has 0 amide bonds. The Balaban J connectivity index is 1.93. The van der Waals surface area contributed by atoms with Crippen LogP contribution in [0.15, 0.2) is 51.1 Å². The number of fused-ring (bicyclic) bond motifs is 3. The molecule has 0 N–H and O–H groups in total. The molecule has 8 nitrogen and oxygen atoms in total. The van der Waals surface area contributed by atoms with Gasteiger partial charge in [-0.1, -0.05) is 42.0 Å². The van der Waals surface area contributed by atoms with Gasteiger partial charge in [0.15, 0.2) is 11.2 Å². The Kier molecular flexibility index (Phi) is 4.70. The predicted octanol–water partition coefficient (Wildman–Crippen LogP) is 2.03. The van der Waals surface area contributed by atoms with E-state index in [0.717, 1.165) is 16.8 Å². The van der Waals surface area contributed by atoms with Crippen LogP contribution in [0.1, 0.15) is 25.0 Å². The summed E-state index contributed by atoms with van der Waals surface area (Å²) in [5, 5.41) is 6.31. The first-order valence-electron chi connectivity index (χ1n) is 9.59. The van der Waals surface area contributed by atoms with Crippen molar-refractivity contribution in [1.29, 1.82) is 0 Å². The Hall–Kier alpha value is -3.42. The number of imidazole rings is 1. The molecule has 0 saturated carbocycles. The van der Waals surface area contributed by atoms with E-state index >= 15 is 0 Å². The molecule has 0 atom stereocenters. The van der Waals surface area contributed by atoms with E-state index in [9.17, 15) is 9.59 Å². The van der Waals surface area contributed by atoms with Crippen molar-refractivity contribution in [1.82, 2.24) is 18.7 Å². The topological polar surface area (TPSA) is 77.4 Å². The standard InChI is InChI=1S/C21H24N6O2/c1-5-6-10-27-20-22-18-17(25(20)12-15(3)23-27)19(28)26(21(29)24(18)4)13-16-9-7-8-14(2)11-16/h5-9,11H,10,12-13H2,1-4H3. The third kappa shape index (κ3) is 3.20. The summed E-state index contributed by atoms with van der Waals surface area (Å²) in [5.41, 5.74) is 2.97. The van der Waals surface area contributed by atoms with Crippen molar-refractivity contribution in [2.45, 2.75) is 33.9 Å². The number of hydrogen-bond donors (Lipinski definition) is 0. The number of hydrogen-bond acceptors (Lipinski definition) is 5. The zero-order valence-corrected chi connectivity index (χ0v) is 17.1. The van der Waals surface area contributed by atoms with Crippen LogP contribution in [-0.4, -0.2) is 30.9 Å². The van der Waals surface area contributed by atoms with Crippen molar-refractivity contribution in [3.8, 4) is 0 Å². The highest BCUT2D eigenvalue weighted by atomic mass is 16.2. The Morgan fingerprint density at radius 2 is 2.00 bits per heavy atom. The predicted molar refractivity (Wildman–Crippen MR) is 115 cm³/mol.